The summed E-state index contributed by atoms with van der Waals surface area (Å²) in [5.74, 6) is -1.32. The molecule has 8 aromatic carbocycles. The van der Waals surface area contributed by atoms with Gasteiger partial charge < -0.3 is 14.2 Å². The molecule has 0 bridgehead atoms. The first-order valence-corrected chi connectivity index (χ1v) is 31.5. The molecule has 3 aliphatic heterocycles. The number of benzene rings is 8. The summed E-state index contributed by atoms with van der Waals surface area (Å²) < 4.78 is 21.4. The average Bonchev–Trinajstić information content (AvgIpc) is 3.54. The van der Waals surface area contributed by atoms with Gasteiger partial charge in [-0.15, -0.1) is 0 Å². The highest BCUT2D eigenvalue weighted by Crippen LogP contribution is 2.55. The topological polar surface area (TPSA) is 86.7 Å². The normalized spacial score (nSPS) is 13.4. The lowest BCUT2D eigenvalue weighted by Gasteiger charge is -2.15. The number of ether oxygens (including phenoxy) is 3. The number of nitrogens with zero attached hydrogens (tertiary/aromatic N) is 2. The molecule has 422 valence electrons. The summed E-state index contributed by atoms with van der Waals surface area (Å²) in [7, 11) is 1.34. The van der Waals surface area contributed by atoms with Crippen LogP contribution in [0.3, 0.4) is 0 Å². The highest BCUT2D eigenvalue weighted by Gasteiger charge is 2.31. The number of pyridine rings is 2. The van der Waals surface area contributed by atoms with E-state index in [4.69, 9.17) is 14.2 Å². The molecule has 13 rings (SSSR count). The van der Waals surface area contributed by atoms with Crippen LogP contribution >= 0.6 is 47.0 Å². The fourth-order valence-corrected chi connectivity index (χ4v) is 14.5. The van der Waals surface area contributed by atoms with Crippen molar-refractivity contribution in [1.29, 1.82) is 0 Å². The predicted octanol–water partition coefficient (Wildman–Crippen LogP) is 11.3. The van der Waals surface area contributed by atoms with Crippen molar-refractivity contribution in [3.8, 4) is 22.5 Å². The molecule has 3 aliphatic rings. The van der Waals surface area contributed by atoms with Crippen molar-refractivity contribution in [2.24, 2.45) is 0 Å². The van der Waals surface area contributed by atoms with E-state index in [1.165, 1.54) is 98.1 Å². The molecular weight excluding hydrogens is 1140 g/mol. The van der Waals surface area contributed by atoms with Gasteiger partial charge in [-0.05, 0) is 34.1 Å². The lowest BCUT2D eigenvalue weighted by molar-refractivity contribution is -0.795. The monoisotopic (exact) mass is 1200 g/mol. The van der Waals surface area contributed by atoms with E-state index in [-0.39, 0.29) is 19.2 Å². The summed E-state index contributed by atoms with van der Waals surface area (Å²) in [6.45, 7) is 2.12. The molecule has 86 heavy (non-hydrogen) atoms. The van der Waals surface area contributed by atoms with E-state index >= 15 is 0 Å². The standard InChI is InChI=1S/C24H20N2O6S4.2C18H15B.C12H10/c1-30-21(28)18-13-33-23(35-18)24-34-14-19(36-24)22(29)32-11-10-31-20(27)15-5-6-17-16-4-2-3-7-25(16)8-9-26(17)12-15;2*1-4-10-16(11-5-1)19(17-12-6-2-7-13-17)18-14-8-3-9-15-18;1-3-7-11(8-4-1)12-9-5-2-6-10-12/h2-7,12-14H,8-11H2,1H3;2*1-15H;1-10H/q+2;;;/b24-23-;;;. The van der Waals surface area contributed by atoms with Crippen LogP contribution in [0.25, 0.3) is 22.5 Å². The van der Waals surface area contributed by atoms with Crippen molar-refractivity contribution < 1.29 is 37.7 Å². The Bertz CT molecular complexity index is 3590. The summed E-state index contributed by atoms with van der Waals surface area (Å²) in [6.07, 6.45) is 3.84. The van der Waals surface area contributed by atoms with E-state index in [1.807, 2.05) is 41.1 Å². The molecule has 0 saturated carbocycles. The molecule has 0 spiro atoms. The van der Waals surface area contributed by atoms with Crippen molar-refractivity contribution in [3.05, 3.63) is 320 Å². The number of hydrogen-bond donors (Lipinski definition) is 0. The average molecular weight is 1200 g/mol. The molecule has 0 atom stereocenters. The van der Waals surface area contributed by atoms with Crippen LogP contribution in [0, 0.1) is 0 Å². The fourth-order valence-electron chi connectivity index (χ4n) is 9.88. The first-order valence-electron chi connectivity index (χ1n) is 28.1. The summed E-state index contributed by atoms with van der Waals surface area (Å²) in [5, 5.41) is 3.46. The van der Waals surface area contributed by atoms with E-state index in [0.717, 1.165) is 33.0 Å². The molecular formula is C72H60B2N2O6S4+2. The molecule has 0 radical (unpaired) electrons. The maximum Gasteiger partial charge on any atom is 0.345 e. The predicted molar refractivity (Wildman–Crippen MR) is 359 cm³/mol. The Morgan fingerprint density at radius 3 is 1.12 bits per heavy atom. The number of aromatic nitrogens is 2. The molecule has 0 N–H and O–H groups in total. The SMILES string of the molecule is COC(=O)C1=CS/C(=C2\SC=C(C(=O)OCCOC(=O)c3ccc4[n+](c3)CC[n+]3ccccc3-4)S2)S1.c1ccc(-c2ccccc2)cc1.c1ccc(B(c2ccccc2)c2ccccc2)cc1.c1ccc(B(c2ccccc2)c2ccccc2)cc1. The number of methoxy groups -OCH3 is 1. The van der Waals surface area contributed by atoms with Crippen molar-refractivity contribution in [2.75, 3.05) is 20.3 Å². The minimum atomic E-state index is -0.478. The van der Waals surface area contributed by atoms with Gasteiger partial charge in [0.05, 0.1) is 15.6 Å². The molecule has 0 fully saturated rings. The van der Waals surface area contributed by atoms with Crippen LogP contribution in [0.1, 0.15) is 10.4 Å². The summed E-state index contributed by atoms with van der Waals surface area (Å²) in [6, 6.07) is 94.5. The molecule has 5 heterocycles. The highest BCUT2D eigenvalue weighted by molar-refractivity contribution is 8.34. The molecule has 10 aromatic rings. The van der Waals surface area contributed by atoms with Gasteiger partial charge in [0.2, 0.25) is 26.5 Å². The van der Waals surface area contributed by atoms with Crippen molar-refractivity contribution >= 4 is 111 Å². The second kappa shape index (κ2) is 31.4. The van der Waals surface area contributed by atoms with Crippen LogP contribution in [0.4, 0.5) is 0 Å². The Morgan fingerprint density at radius 2 is 0.721 bits per heavy atom. The maximum absolute atomic E-state index is 12.5. The number of thioether (sulfide) groups is 4. The fraction of sp³-hybridized carbons (Fsp3) is 0.0694. The summed E-state index contributed by atoms with van der Waals surface area (Å²) in [4.78, 5) is 37.5. The van der Waals surface area contributed by atoms with Crippen LogP contribution in [0.15, 0.2) is 314 Å². The molecule has 0 unspecified atom stereocenters. The Labute approximate surface area is 521 Å². The van der Waals surface area contributed by atoms with Crippen molar-refractivity contribution in [3.63, 3.8) is 0 Å². The lowest BCUT2D eigenvalue weighted by atomic mass is 9.37. The molecule has 0 aliphatic carbocycles. The lowest BCUT2D eigenvalue weighted by Crippen LogP contribution is -2.53. The number of carbonyl (C=O) groups is 3. The number of aryl methyl sites for hydroxylation is 2. The van der Waals surface area contributed by atoms with Gasteiger partial charge in [0.15, 0.2) is 12.4 Å². The first-order chi connectivity index (χ1) is 42.4. The first kappa shape index (κ1) is 60.3. The van der Waals surface area contributed by atoms with Crippen LogP contribution in [0.2, 0.25) is 0 Å². The Morgan fingerprint density at radius 1 is 0.384 bits per heavy atom. The van der Waals surface area contributed by atoms with E-state index in [1.54, 1.807) is 23.1 Å². The summed E-state index contributed by atoms with van der Waals surface area (Å²) >= 11 is 5.45. The third-order valence-electron chi connectivity index (χ3n) is 14.0. The van der Waals surface area contributed by atoms with E-state index in [9.17, 15) is 14.4 Å². The smallest absolute Gasteiger partial charge is 0.345 e. The third-order valence-corrected chi connectivity index (χ3v) is 19.2. The van der Waals surface area contributed by atoms with Crippen LogP contribution < -0.4 is 41.9 Å². The minimum Gasteiger partial charge on any atom is -0.465 e. The Hall–Kier alpha value is -8.78. The van der Waals surface area contributed by atoms with Gasteiger partial charge in [-0.25, -0.2) is 14.4 Å². The van der Waals surface area contributed by atoms with Crippen molar-refractivity contribution in [2.45, 2.75) is 13.1 Å². The Balaban J connectivity index is 0.000000138. The largest absolute Gasteiger partial charge is 0.465 e. The van der Waals surface area contributed by atoms with Crippen LogP contribution in [-0.2, 0) is 36.9 Å². The zero-order valence-electron chi connectivity index (χ0n) is 47.3. The van der Waals surface area contributed by atoms with Crippen LogP contribution in [0.5, 0.6) is 0 Å². The number of rotatable bonds is 13. The second-order valence-electron chi connectivity index (χ2n) is 19.6. The number of fused-ring (bicyclic) bond motifs is 3. The van der Waals surface area contributed by atoms with Gasteiger partial charge in [0.1, 0.15) is 28.6 Å². The number of hydrogen-bond acceptors (Lipinski definition) is 10. The molecule has 0 saturated heterocycles. The number of esters is 3. The second-order valence-corrected chi connectivity index (χ2v) is 24.0. The van der Waals surface area contributed by atoms with E-state index < -0.39 is 11.9 Å². The van der Waals surface area contributed by atoms with Gasteiger partial charge in [0, 0.05) is 18.2 Å². The molecule has 0 amide bonds. The minimum absolute atomic E-state index is 0.0395. The van der Waals surface area contributed by atoms with Gasteiger partial charge >= 0.3 is 17.9 Å². The third kappa shape index (κ3) is 16.3. The van der Waals surface area contributed by atoms with Gasteiger partial charge in [-0.2, -0.15) is 9.13 Å². The molecule has 14 heteroatoms. The summed E-state index contributed by atoms with van der Waals surface area (Å²) in [5.41, 5.74) is 13.1. The zero-order chi connectivity index (χ0) is 59.1. The maximum atomic E-state index is 12.5. The van der Waals surface area contributed by atoms with Crippen molar-refractivity contribution in [1.82, 2.24) is 0 Å². The van der Waals surface area contributed by atoms with Gasteiger partial charge in [-0.3, -0.25) is 0 Å². The van der Waals surface area contributed by atoms with E-state index in [0.29, 0.717) is 28.8 Å². The molecule has 8 nitrogen and oxygen atoms in total. The quantitative estimate of drug-likeness (QED) is 0.0366. The number of carbonyl (C=O) groups excluding carboxylic acids is 3. The van der Waals surface area contributed by atoms with Gasteiger partial charge in [-0.1, -0.05) is 322 Å². The van der Waals surface area contributed by atoms with Crippen LogP contribution in [-0.4, -0.2) is 51.7 Å². The zero-order valence-corrected chi connectivity index (χ0v) is 50.5. The molecule has 2 aromatic heterocycles. The van der Waals surface area contributed by atoms with E-state index in [2.05, 4.69) is 241 Å². The highest BCUT2D eigenvalue weighted by atomic mass is 32.2. The Kier molecular flexibility index (Phi) is 22.0. The van der Waals surface area contributed by atoms with Gasteiger partial charge in [0.25, 0.3) is 11.4 Å².